The summed E-state index contributed by atoms with van der Waals surface area (Å²) in [5.41, 5.74) is 2.12. The molecule has 0 saturated carbocycles. The Balaban J connectivity index is 2.40. The molecule has 2 rings (SSSR count). The lowest BCUT2D eigenvalue weighted by atomic mass is 10.1. The summed E-state index contributed by atoms with van der Waals surface area (Å²) in [5.74, 6) is -0.199. The largest absolute Gasteiger partial charge is 0.395 e. The molecule has 0 radical (unpaired) electrons. The van der Waals surface area contributed by atoms with Crippen molar-refractivity contribution in [2.75, 3.05) is 13.2 Å². The molecule has 2 N–H and O–H groups in total. The zero-order chi connectivity index (χ0) is 12.3. The number of aromatic nitrogens is 1. The van der Waals surface area contributed by atoms with Crippen LogP contribution in [0.4, 0.5) is 0 Å². The number of carbonyl (C=O) groups is 1. The minimum atomic E-state index is -0.199. The maximum absolute atomic E-state index is 11.8. The van der Waals surface area contributed by atoms with Crippen molar-refractivity contribution < 1.29 is 9.90 Å². The minimum Gasteiger partial charge on any atom is -0.395 e. The first-order valence-corrected chi connectivity index (χ1v) is 5.48. The van der Waals surface area contributed by atoms with Gasteiger partial charge in [0.1, 0.15) is 0 Å². The number of carbonyl (C=O) groups excluding carboxylic acids is 1. The predicted octanol–water partition coefficient (Wildman–Crippen LogP) is 1.27. The van der Waals surface area contributed by atoms with Crippen LogP contribution in [0.15, 0.2) is 30.3 Å². The summed E-state index contributed by atoms with van der Waals surface area (Å²) in [5, 5.41) is 12.2. The molecule has 0 spiro atoms. The quantitative estimate of drug-likeness (QED) is 0.834. The highest BCUT2D eigenvalue weighted by molar-refractivity contribution is 5.98. The van der Waals surface area contributed by atoms with Crippen LogP contribution in [-0.4, -0.2) is 29.1 Å². The van der Waals surface area contributed by atoms with E-state index in [0.29, 0.717) is 11.3 Å². The molecule has 0 aliphatic heterocycles. The number of hydrogen-bond donors (Lipinski definition) is 2. The monoisotopic (exact) mass is 230 g/mol. The average molecular weight is 230 g/mol. The highest BCUT2D eigenvalue weighted by atomic mass is 16.3. The van der Waals surface area contributed by atoms with E-state index < -0.39 is 0 Å². The normalized spacial score (nSPS) is 10.5. The first-order chi connectivity index (χ1) is 8.22. The van der Waals surface area contributed by atoms with E-state index in [1.807, 2.05) is 30.3 Å². The summed E-state index contributed by atoms with van der Waals surface area (Å²) in [6.07, 6.45) is 0. The Hall–Kier alpha value is -1.94. The second-order valence-electron chi connectivity index (χ2n) is 3.79. The first kappa shape index (κ1) is 11.5. The number of nitrogens with one attached hydrogen (secondary N) is 1. The van der Waals surface area contributed by atoms with Crippen molar-refractivity contribution in [3.63, 3.8) is 0 Å². The molecule has 0 saturated heterocycles. The maximum Gasteiger partial charge on any atom is 0.253 e. The van der Waals surface area contributed by atoms with Gasteiger partial charge in [0, 0.05) is 11.9 Å². The van der Waals surface area contributed by atoms with Crippen molar-refractivity contribution in [1.82, 2.24) is 10.3 Å². The van der Waals surface area contributed by atoms with Gasteiger partial charge in [0.25, 0.3) is 5.91 Å². The van der Waals surface area contributed by atoms with Gasteiger partial charge in [-0.2, -0.15) is 0 Å². The number of aliphatic hydroxyl groups excluding tert-OH is 1. The third-order valence-corrected chi connectivity index (χ3v) is 2.56. The number of para-hydroxylation sites is 1. The molecule has 2 aromatic rings. The second-order valence-corrected chi connectivity index (χ2v) is 3.79. The molecule has 0 aliphatic rings. The van der Waals surface area contributed by atoms with Crippen molar-refractivity contribution in [2.45, 2.75) is 6.92 Å². The van der Waals surface area contributed by atoms with E-state index in [-0.39, 0.29) is 19.1 Å². The van der Waals surface area contributed by atoms with Crippen LogP contribution in [-0.2, 0) is 0 Å². The lowest BCUT2D eigenvalue weighted by molar-refractivity contribution is 0.0944. The average Bonchev–Trinajstić information content (AvgIpc) is 2.35. The van der Waals surface area contributed by atoms with Crippen LogP contribution in [0.2, 0.25) is 0 Å². The standard InChI is InChI=1S/C13H14N2O2/c1-9-11(13(17)14-6-7-16)8-10-4-2-3-5-12(10)15-9/h2-5,8,16H,6-7H2,1H3,(H,14,17). The van der Waals surface area contributed by atoms with Crippen LogP contribution in [0, 0.1) is 6.92 Å². The molecule has 0 fully saturated rings. The Bertz CT molecular complexity index is 552. The van der Waals surface area contributed by atoms with Gasteiger partial charge in [-0.1, -0.05) is 18.2 Å². The zero-order valence-corrected chi connectivity index (χ0v) is 9.60. The van der Waals surface area contributed by atoms with Crippen LogP contribution >= 0.6 is 0 Å². The number of fused-ring (bicyclic) bond motifs is 1. The fourth-order valence-corrected chi connectivity index (χ4v) is 1.71. The van der Waals surface area contributed by atoms with Gasteiger partial charge in [0.15, 0.2) is 0 Å². The molecule has 4 heteroatoms. The first-order valence-electron chi connectivity index (χ1n) is 5.48. The van der Waals surface area contributed by atoms with Gasteiger partial charge >= 0.3 is 0 Å². The van der Waals surface area contributed by atoms with Gasteiger partial charge in [-0.25, -0.2) is 0 Å². The summed E-state index contributed by atoms with van der Waals surface area (Å²) in [6.45, 7) is 2.00. The lowest BCUT2D eigenvalue weighted by Gasteiger charge is -2.07. The summed E-state index contributed by atoms with van der Waals surface area (Å²) < 4.78 is 0. The van der Waals surface area contributed by atoms with Crippen molar-refractivity contribution in [2.24, 2.45) is 0 Å². The van der Waals surface area contributed by atoms with Gasteiger partial charge in [-0.3, -0.25) is 9.78 Å². The molecular weight excluding hydrogens is 216 g/mol. The van der Waals surface area contributed by atoms with E-state index >= 15 is 0 Å². The number of aryl methyl sites for hydroxylation is 1. The van der Waals surface area contributed by atoms with Gasteiger partial charge < -0.3 is 10.4 Å². The molecule has 17 heavy (non-hydrogen) atoms. The van der Waals surface area contributed by atoms with Gasteiger partial charge in [0.05, 0.1) is 23.4 Å². The highest BCUT2D eigenvalue weighted by Gasteiger charge is 2.10. The predicted molar refractivity (Wildman–Crippen MR) is 65.9 cm³/mol. The maximum atomic E-state index is 11.8. The van der Waals surface area contributed by atoms with E-state index in [2.05, 4.69) is 10.3 Å². The fraction of sp³-hybridized carbons (Fsp3) is 0.231. The molecule has 4 nitrogen and oxygen atoms in total. The Morgan fingerprint density at radius 3 is 2.94 bits per heavy atom. The third-order valence-electron chi connectivity index (χ3n) is 2.56. The molecule has 1 amide bonds. The van der Waals surface area contributed by atoms with Crippen molar-refractivity contribution in [1.29, 1.82) is 0 Å². The van der Waals surface area contributed by atoms with E-state index in [1.54, 1.807) is 6.92 Å². The molecule has 0 unspecified atom stereocenters. The van der Waals surface area contributed by atoms with Gasteiger partial charge in [-0.05, 0) is 19.1 Å². The van der Waals surface area contributed by atoms with Crippen LogP contribution in [0.5, 0.6) is 0 Å². The molecule has 0 atom stereocenters. The molecule has 88 valence electrons. The number of rotatable bonds is 3. The Labute approximate surface area is 99.3 Å². The molecule has 0 aliphatic carbocycles. The van der Waals surface area contributed by atoms with E-state index in [1.165, 1.54) is 0 Å². The summed E-state index contributed by atoms with van der Waals surface area (Å²) in [4.78, 5) is 16.2. The van der Waals surface area contributed by atoms with Crippen LogP contribution in [0.3, 0.4) is 0 Å². The Morgan fingerprint density at radius 1 is 1.41 bits per heavy atom. The Kier molecular flexibility index (Phi) is 3.35. The molecule has 1 aromatic carbocycles. The van der Waals surface area contributed by atoms with Crippen molar-refractivity contribution in [3.8, 4) is 0 Å². The number of benzene rings is 1. The molecule has 0 bridgehead atoms. The summed E-state index contributed by atoms with van der Waals surface area (Å²) in [7, 11) is 0. The summed E-state index contributed by atoms with van der Waals surface area (Å²) >= 11 is 0. The van der Waals surface area contributed by atoms with E-state index in [0.717, 1.165) is 10.9 Å². The lowest BCUT2D eigenvalue weighted by Crippen LogP contribution is -2.27. The Morgan fingerprint density at radius 2 is 2.18 bits per heavy atom. The number of nitrogens with zero attached hydrogens (tertiary/aromatic N) is 1. The topological polar surface area (TPSA) is 62.2 Å². The van der Waals surface area contributed by atoms with Crippen molar-refractivity contribution >= 4 is 16.8 Å². The van der Waals surface area contributed by atoms with Crippen LogP contribution < -0.4 is 5.32 Å². The number of hydrogen-bond acceptors (Lipinski definition) is 3. The molecule has 1 heterocycles. The minimum absolute atomic E-state index is 0.0637. The SMILES string of the molecule is Cc1nc2ccccc2cc1C(=O)NCCO. The number of amides is 1. The van der Waals surface area contributed by atoms with Crippen LogP contribution in [0.1, 0.15) is 16.1 Å². The molecule has 1 aromatic heterocycles. The van der Waals surface area contributed by atoms with Gasteiger partial charge in [0.2, 0.25) is 0 Å². The van der Waals surface area contributed by atoms with E-state index in [4.69, 9.17) is 5.11 Å². The highest BCUT2D eigenvalue weighted by Crippen LogP contribution is 2.15. The number of pyridine rings is 1. The second kappa shape index (κ2) is 4.93. The third kappa shape index (κ3) is 2.42. The van der Waals surface area contributed by atoms with Crippen LogP contribution in [0.25, 0.3) is 10.9 Å². The summed E-state index contributed by atoms with van der Waals surface area (Å²) in [6, 6.07) is 9.49. The van der Waals surface area contributed by atoms with Crippen molar-refractivity contribution in [3.05, 3.63) is 41.6 Å². The van der Waals surface area contributed by atoms with E-state index in [9.17, 15) is 4.79 Å². The van der Waals surface area contributed by atoms with Gasteiger partial charge in [-0.15, -0.1) is 0 Å². The fourth-order valence-electron chi connectivity index (χ4n) is 1.71. The number of aliphatic hydroxyl groups is 1. The molecular formula is C13H14N2O2. The zero-order valence-electron chi connectivity index (χ0n) is 9.60. The smallest absolute Gasteiger partial charge is 0.253 e.